The van der Waals surface area contributed by atoms with Gasteiger partial charge < -0.3 is 15.8 Å². The van der Waals surface area contributed by atoms with Crippen molar-refractivity contribution in [3.8, 4) is 5.75 Å². The number of nitrogens with one attached hydrogen (secondary N) is 1. The summed E-state index contributed by atoms with van der Waals surface area (Å²) in [7, 11) is 0. The summed E-state index contributed by atoms with van der Waals surface area (Å²) >= 11 is 0. The van der Waals surface area contributed by atoms with E-state index >= 15 is 0 Å². The Morgan fingerprint density at radius 1 is 1.00 bits per heavy atom. The molecule has 0 aliphatic heterocycles. The zero-order valence-corrected chi connectivity index (χ0v) is 13.3. The fourth-order valence-electron chi connectivity index (χ4n) is 2.87. The molecule has 0 bridgehead atoms. The molecule has 3 N–H and O–H groups in total. The van der Waals surface area contributed by atoms with E-state index in [0.717, 1.165) is 12.8 Å². The minimum absolute atomic E-state index is 0.209. The van der Waals surface area contributed by atoms with Gasteiger partial charge in [0.2, 0.25) is 5.91 Å². The first-order valence-electron chi connectivity index (χ1n) is 8.10. The first kappa shape index (κ1) is 16.1. The molecule has 5 nitrogen and oxygen atoms in total. The molecule has 124 valence electrons. The number of para-hydroxylation sites is 2. The van der Waals surface area contributed by atoms with Crippen LogP contribution in [-0.2, 0) is 0 Å². The van der Waals surface area contributed by atoms with Crippen LogP contribution in [-0.4, -0.2) is 17.9 Å². The number of anilines is 1. The molecule has 0 spiro atoms. The highest BCUT2D eigenvalue weighted by Crippen LogP contribution is 2.30. The molecule has 2 amide bonds. The normalized spacial score (nSPS) is 14.3. The highest BCUT2D eigenvalue weighted by atomic mass is 16.5. The number of nitrogens with two attached hydrogens (primary N) is 1. The van der Waals surface area contributed by atoms with Crippen LogP contribution in [0.1, 0.15) is 46.4 Å². The largest absolute Gasteiger partial charge is 0.488 e. The van der Waals surface area contributed by atoms with E-state index in [0.29, 0.717) is 22.6 Å². The van der Waals surface area contributed by atoms with E-state index in [2.05, 4.69) is 5.32 Å². The zero-order valence-electron chi connectivity index (χ0n) is 13.3. The van der Waals surface area contributed by atoms with Crippen LogP contribution in [0.4, 0.5) is 5.69 Å². The Morgan fingerprint density at radius 2 is 1.71 bits per heavy atom. The first-order valence-corrected chi connectivity index (χ1v) is 8.10. The predicted octanol–water partition coefficient (Wildman–Crippen LogP) is 3.36. The molecule has 5 heteroatoms. The third-order valence-corrected chi connectivity index (χ3v) is 4.14. The van der Waals surface area contributed by atoms with Crippen molar-refractivity contribution >= 4 is 17.5 Å². The number of hydrogen-bond donors (Lipinski definition) is 2. The van der Waals surface area contributed by atoms with E-state index < -0.39 is 5.91 Å². The number of rotatable bonds is 5. The van der Waals surface area contributed by atoms with Gasteiger partial charge in [-0.15, -0.1) is 0 Å². The van der Waals surface area contributed by atoms with E-state index in [-0.39, 0.29) is 12.0 Å². The summed E-state index contributed by atoms with van der Waals surface area (Å²) in [6, 6.07) is 13.7. The SMILES string of the molecule is NC(=O)c1cccc(C(=O)Nc2ccccc2OC2CCCC2)c1. The van der Waals surface area contributed by atoms with Crippen molar-refractivity contribution in [2.45, 2.75) is 31.8 Å². The average molecular weight is 324 g/mol. The second kappa shape index (κ2) is 7.17. The zero-order chi connectivity index (χ0) is 16.9. The number of hydrogen-bond acceptors (Lipinski definition) is 3. The van der Waals surface area contributed by atoms with Gasteiger partial charge in [0.15, 0.2) is 0 Å². The van der Waals surface area contributed by atoms with Crippen molar-refractivity contribution < 1.29 is 14.3 Å². The number of benzene rings is 2. The smallest absolute Gasteiger partial charge is 0.255 e. The van der Waals surface area contributed by atoms with Gasteiger partial charge in [-0.25, -0.2) is 0 Å². The maximum absolute atomic E-state index is 12.5. The van der Waals surface area contributed by atoms with Crippen LogP contribution in [0.25, 0.3) is 0 Å². The molecule has 0 atom stereocenters. The second-order valence-electron chi connectivity index (χ2n) is 5.92. The van der Waals surface area contributed by atoms with Gasteiger partial charge >= 0.3 is 0 Å². The molecule has 2 aromatic rings. The molecule has 1 aliphatic carbocycles. The number of carbonyl (C=O) groups excluding carboxylic acids is 2. The number of amides is 2. The molecule has 0 radical (unpaired) electrons. The van der Waals surface area contributed by atoms with E-state index in [1.807, 2.05) is 18.2 Å². The third-order valence-electron chi connectivity index (χ3n) is 4.14. The lowest BCUT2D eigenvalue weighted by Crippen LogP contribution is -2.17. The molecular formula is C19H20N2O3. The van der Waals surface area contributed by atoms with Crippen molar-refractivity contribution in [1.29, 1.82) is 0 Å². The summed E-state index contributed by atoms with van der Waals surface area (Å²) in [6.07, 6.45) is 4.66. The molecule has 2 aromatic carbocycles. The summed E-state index contributed by atoms with van der Waals surface area (Å²) in [4.78, 5) is 23.7. The summed E-state index contributed by atoms with van der Waals surface area (Å²) in [5.74, 6) is -0.195. The first-order chi connectivity index (χ1) is 11.6. The third kappa shape index (κ3) is 3.74. The van der Waals surface area contributed by atoms with Crippen molar-refractivity contribution in [1.82, 2.24) is 0 Å². The van der Waals surface area contributed by atoms with Gasteiger partial charge in [-0.1, -0.05) is 18.2 Å². The van der Waals surface area contributed by atoms with Gasteiger partial charge in [0.1, 0.15) is 5.75 Å². The molecule has 1 fully saturated rings. The van der Waals surface area contributed by atoms with E-state index in [1.165, 1.54) is 18.9 Å². The molecule has 3 rings (SSSR count). The lowest BCUT2D eigenvalue weighted by Gasteiger charge is -2.17. The van der Waals surface area contributed by atoms with Crippen molar-refractivity contribution in [2.24, 2.45) is 5.73 Å². The Kier molecular flexibility index (Phi) is 4.79. The van der Waals surface area contributed by atoms with Crippen LogP contribution >= 0.6 is 0 Å². The number of carbonyl (C=O) groups is 2. The molecule has 1 saturated carbocycles. The lowest BCUT2D eigenvalue weighted by molar-refractivity contribution is 0.1000. The van der Waals surface area contributed by atoms with Crippen molar-refractivity contribution in [2.75, 3.05) is 5.32 Å². The van der Waals surface area contributed by atoms with E-state index in [9.17, 15) is 9.59 Å². The predicted molar refractivity (Wildman–Crippen MR) is 92.2 cm³/mol. The Labute approximate surface area is 140 Å². The second-order valence-corrected chi connectivity index (χ2v) is 5.92. The average Bonchev–Trinajstić information content (AvgIpc) is 3.10. The minimum Gasteiger partial charge on any atom is -0.488 e. The Morgan fingerprint density at radius 3 is 2.46 bits per heavy atom. The standard InChI is InChI=1S/C19H20N2O3/c20-18(22)13-6-5-7-14(12-13)19(23)21-16-10-3-4-11-17(16)24-15-8-1-2-9-15/h3-7,10-12,15H,1-2,8-9H2,(H2,20,22)(H,21,23). The molecule has 0 saturated heterocycles. The number of primary amides is 1. The quantitative estimate of drug-likeness (QED) is 0.885. The maximum atomic E-state index is 12.5. The molecule has 0 unspecified atom stereocenters. The van der Waals surface area contributed by atoms with Crippen molar-refractivity contribution in [3.05, 3.63) is 59.7 Å². The molecule has 0 aromatic heterocycles. The summed E-state index contributed by atoms with van der Waals surface area (Å²) in [6.45, 7) is 0. The monoisotopic (exact) mass is 324 g/mol. The van der Waals surface area contributed by atoms with Crippen LogP contribution < -0.4 is 15.8 Å². The summed E-state index contributed by atoms with van der Waals surface area (Å²) in [5, 5.41) is 2.85. The lowest BCUT2D eigenvalue weighted by atomic mass is 10.1. The Hall–Kier alpha value is -2.82. The molecule has 0 heterocycles. The van der Waals surface area contributed by atoms with Gasteiger partial charge in [-0.2, -0.15) is 0 Å². The van der Waals surface area contributed by atoms with Gasteiger partial charge in [-0.05, 0) is 56.0 Å². The number of ether oxygens (including phenoxy) is 1. The van der Waals surface area contributed by atoms with Crippen LogP contribution in [0.2, 0.25) is 0 Å². The minimum atomic E-state index is -0.561. The molecule has 1 aliphatic rings. The topological polar surface area (TPSA) is 81.4 Å². The van der Waals surface area contributed by atoms with Crippen molar-refractivity contribution in [3.63, 3.8) is 0 Å². The van der Waals surface area contributed by atoms with Gasteiger partial charge in [0, 0.05) is 11.1 Å². The molecule has 24 heavy (non-hydrogen) atoms. The Balaban J connectivity index is 1.76. The Bertz CT molecular complexity index is 752. The van der Waals surface area contributed by atoms with Gasteiger partial charge in [0.05, 0.1) is 11.8 Å². The van der Waals surface area contributed by atoms with E-state index in [4.69, 9.17) is 10.5 Å². The van der Waals surface area contributed by atoms with Crippen LogP contribution in [0.15, 0.2) is 48.5 Å². The highest BCUT2D eigenvalue weighted by molar-refractivity contribution is 6.06. The van der Waals surface area contributed by atoms with Crippen LogP contribution in [0.5, 0.6) is 5.75 Å². The maximum Gasteiger partial charge on any atom is 0.255 e. The highest BCUT2D eigenvalue weighted by Gasteiger charge is 2.18. The summed E-state index contributed by atoms with van der Waals surface area (Å²) in [5.41, 5.74) is 6.56. The van der Waals surface area contributed by atoms with Crippen LogP contribution in [0, 0.1) is 0 Å². The van der Waals surface area contributed by atoms with E-state index in [1.54, 1.807) is 24.3 Å². The molecular weight excluding hydrogens is 304 g/mol. The summed E-state index contributed by atoms with van der Waals surface area (Å²) < 4.78 is 6.02. The van der Waals surface area contributed by atoms with Gasteiger partial charge in [0.25, 0.3) is 5.91 Å². The van der Waals surface area contributed by atoms with Crippen LogP contribution in [0.3, 0.4) is 0 Å². The fourth-order valence-corrected chi connectivity index (χ4v) is 2.87. The fraction of sp³-hybridized carbons (Fsp3) is 0.263. The van der Waals surface area contributed by atoms with Gasteiger partial charge in [-0.3, -0.25) is 9.59 Å².